The van der Waals surface area contributed by atoms with Gasteiger partial charge in [-0.3, -0.25) is 4.79 Å². The molecular formula is C9H15F3N2O. The summed E-state index contributed by atoms with van der Waals surface area (Å²) in [5.41, 5.74) is 2.14. The number of carbonyl (C=O) groups is 1. The van der Waals surface area contributed by atoms with Gasteiger partial charge in [-0.05, 0) is 25.2 Å². The van der Waals surface area contributed by atoms with Gasteiger partial charge in [-0.15, -0.1) is 0 Å². The fraction of sp³-hybridized carbons (Fsp3) is 0.889. The first-order chi connectivity index (χ1) is 6.66. The SMILES string of the molecule is CC1CC1CNC(=O)C(C)(N)C(F)(F)F. The van der Waals surface area contributed by atoms with E-state index in [9.17, 15) is 18.0 Å². The van der Waals surface area contributed by atoms with Crippen molar-refractivity contribution in [3.05, 3.63) is 0 Å². The minimum atomic E-state index is -4.72. The second-order valence-corrected chi connectivity index (χ2v) is 4.38. The highest BCUT2D eigenvalue weighted by Gasteiger charge is 2.54. The van der Waals surface area contributed by atoms with Crippen LogP contribution in [0, 0.1) is 11.8 Å². The third-order valence-corrected chi connectivity index (χ3v) is 2.86. The number of carbonyl (C=O) groups excluding carboxylic acids is 1. The maximum Gasteiger partial charge on any atom is 0.415 e. The molecule has 88 valence electrons. The van der Waals surface area contributed by atoms with Crippen molar-refractivity contribution in [3.63, 3.8) is 0 Å². The maximum atomic E-state index is 12.3. The van der Waals surface area contributed by atoms with Crippen LogP contribution in [0.15, 0.2) is 0 Å². The van der Waals surface area contributed by atoms with Crippen molar-refractivity contribution in [3.8, 4) is 0 Å². The predicted molar refractivity (Wildman–Crippen MR) is 48.9 cm³/mol. The highest BCUT2D eigenvalue weighted by molar-refractivity contribution is 5.86. The van der Waals surface area contributed by atoms with Gasteiger partial charge in [-0.2, -0.15) is 13.2 Å². The molecule has 0 saturated heterocycles. The van der Waals surface area contributed by atoms with Crippen molar-refractivity contribution in [2.45, 2.75) is 32.0 Å². The molecule has 3 nitrogen and oxygen atoms in total. The Balaban J connectivity index is 2.45. The van der Waals surface area contributed by atoms with E-state index in [1.165, 1.54) is 0 Å². The van der Waals surface area contributed by atoms with E-state index < -0.39 is 17.6 Å². The fourth-order valence-electron chi connectivity index (χ4n) is 1.22. The summed E-state index contributed by atoms with van der Waals surface area (Å²) in [5.74, 6) is -0.368. The molecule has 3 N–H and O–H groups in total. The Labute approximate surface area is 86.2 Å². The van der Waals surface area contributed by atoms with Gasteiger partial charge in [0, 0.05) is 6.54 Å². The van der Waals surface area contributed by atoms with Gasteiger partial charge in [0.25, 0.3) is 0 Å². The average Bonchev–Trinajstić information content (AvgIpc) is 2.75. The van der Waals surface area contributed by atoms with Crippen LogP contribution in [-0.2, 0) is 4.79 Å². The highest BCUT2D eigenvalue weighted by Crippen LogP contribution is 2.37. The smallest absolute Gasteiger partial charge is 0.354 e. The number of alkyl halides is 3. The largest absolute Gasteiger partial charge is 0.415 e. The summed E-state index contributed by atoms with van der Waals surface area (Å²) in [6.07, 6.45) is -3.76. The van der Waals surface area contributed by atoms with E-state index in [1.807, 2.05) is 6.92 Å². The summed E-state index contributed by atoms with van der Waals surface area (Å²) < 4.78 is 36.9. The second-order valence-electron chi connectivity index (χ2n) is 4.38. The van der Waals surface area contributed by atoms with Crippen molar-refractivity contribution in [2.24, 2.45) is 17.6 Å². The standard InChI is InChI=1S/C9H15F3N2O/c1-5-3-6(5)4-14-7(15)8(2,13)9(10,11)12/h5-6H,3-4,13H2,1-2H3,(H,14,15). The van der Waals surface area contributed by atoms with Gasteiger partial charge in [-0.1, -0.05) is 6.92 Å². The van der Waals surface area contributed by atoms with Crippen LogP contribution in [0.1, 0.15) is 20.3 Å². The monoisotopic (exact) mass is 224 g/mol. The van der Waals surface area contributed by atoms with E-state index in [2.05, 4.69) is 5.32 Å². The Morgan fingerprint density at radius 1 is 1.53 bits per heavy atom. The first kappa shape index (κ1) is 12.3. The van der Waals surface area contributed by atoms with Gasteiger partial charge in [0.2, 0.25) is 5.91 Å². The molecule has 0 heterocycles. The summed E-state index contributed by atoms with van der Waals surface area (Å²) in [6, 6.07) is 0. The molecule has 0 aromatic carbocycles. The molecule has 0 bridgehead atoms. The molecule has 0 aromatic heterocycles. The van der Waals surface area contributed by atoms with Crippen LogP contribution in [-0.4, -0.2) is 24.2 Å². The molecular weight excluding hydrogens is 209 g/mol. The van der Waals surface area contributed by atoms with Gasteiger partial charge in [-0.25, -0.2) is 0 Å². The van der Waals surface area contributed by atoms with E-state index in [4.69, 9.17) is 5.73 Å². The number of rotatable bonds is 3. The molecule has 1 aliphatic carbocycles. The Kier molecular flexibility index (Phi) is 3.00. The Morgan fingerprint density at radius 3 is 2.33 bits per heavy atom. The van der Waals surface area contributed by atoms with Gasteiger partial charge in [0.15, 0.2) is 5.54 Å². The summed E-state index contributed by atoms with van der Waals surface area (Å²) in [5, 5.41) is 2.24. The molecule has 3 atom stereocenters. The zero-order chi connectivity index (χ0) is 11.9. The molecule has 1 aliphatic rings. The molecule has 3 unspecified atom stereocenters. The second kappa shape index (κ2) is 3.66. The third-order valence-electron chi connectivity index (χ3n) is 2.86. The Morgan fingerprint density at radius 2 is 2.00 bits per heavy atom. The van der Waals surface area contributed by atoms with Gasteiger partial charge in [0.1, 0.15) is 0 Å². The fourth-order valence-corrected chi connectivity index (χ4v) is 1.22. The summed E-state index contributed by atoms with van der Waals surface area (Å²) in [6.45, 7) is 2.95. The molecule has 1 fully saturated rings. The van der Waals surface area contributed by atoms with Gasteiger partial charge < -0.3 is 11.1 Å². The molecule has 15 heavy (non-hydrogen) atoms. The minimum absolute atomic E-state index is 0.281. The number of amides is 1. The van der Waals surface area contributed by atoms with Crippen LogP contribution in [0.5, 0.6) is 0 Å². The van der Waals surface area contributed by atoms with Crippen LogP contribution in [0.25, 0.3) is 0 Å². The third kappa shape index (κ3) is 2.62. The van der Waals surface area contributed by atoms with Gasteiger partial charge in [0.05, 0.1) is 0 Å². The molecule has 0 radical (unpaired) electrons. The lowest BCUT2D eigenvalue weighted by molar-refractivity contribution is -0.187. The Bertz CT molecular complexity index is 263. The zero-order valence-electron chi connectivity index (χ0n) is 8.69. The van der Waals surface area contributed by atoms with Crippen LogP contribution in [0.2, 0.25) is 0 Å². The summed E-state index contributed by atoms with van der Waals surface area (Å²) >= 11 is 0. The van der Waals surface area contributed by atoms with Crippen molar-refractivity contribution >= 4 is 5.91 Å². The van der Waals surface area contributed by atoms with Gasteiger partial charge >= 0.3 is 6.18 Å². The van der Waals surface area contributed by atoms with Crippen molar-refractivity contribution < 1.29 is 18.0 Å². The summed E-state index contributed by atoms with van der Waals surface area (Å²) in [4.78, 5) is 11.2. The highest BCUT2D eigenvalue weighted by atomic mass is 19.4. The maximum absolute atomic E-state index is 12.3. The van der Waals surface area contributed by atoms with E-state index in [0.29, 0.717) is 18.8 Å². The zero-order valence-corrected chi connectivity index (χ0v) is 8.69. The quantitative estimate of drug-likeness (QED) is 0.752. The van der Waals surface area contributed by atoms with Crippen LogP contribution in [0.4, 0.5) is 13.2 Å². The van der Waals surface area contributed by atoms with Crippen LogP contribution < -0.4 is 11.1 Å². The van der Waals surface area contributed by atoms with E-state index >= 15 is 0 Å². The first-order valence-corrected chi connectivity index (χ1v) is 4.80. The van der Waals surface area contributed by atoms with E-state index in [0.717, 1.165) is 6.42 Å². The van der Waals surface area contributed by atoms with Crippen molar-refractivity contribution in [2.75, 3.05) is 6.54 Å². The molecule has 0 spiro atoms. The van der Waals surface area contributed by atoms with Crippen molar-refractivity contribution in [1.82, 2.24) is 5.32 Å². The topological polar surface area (TPSA) is 55.1 Å². The molecule has 0 aliphatic heterocycles. The number of halogens is 3. The average molecular weight is 224 g/mol. The first-order valence-electron chi connectivity index (χ1n) is 4.80. The number of nitrogens with two attached hydrogens (primary N) is 1. The molecule has 1 rings (SSSR count). The summed E-state index contributed by atoms with van der Waals surface area (Å²) in [7, 11) is 0. The van der Waals surface area contributed by atoms with Crippen LogP contribution >= 0.6 is 0 Å². The lowest BCUT2D eigenvalue weighted by Gasteiger charge is -2.26. The molecule has 6 heteroatoms. The lowest BCUT2D eigenvalue weighted by atomic mass is 10.0. The number of nitrogens with one attached hydrogen (secondary N) is 1. The van der Waals surface area contributed by atoms with E-state index in [1.54, 1.807) is 0 Å². The minimum Gasteiger partial charge on any atom is -0.354 e. The van der Waals surface area contributed by atoms with Crippen LogP contribution in [0.3, 0.4) is 0 Å². The predicted octanol–water partition coefficient (Wildman–Crippen LogP) is 1.04. The number of hydrogen-bond donors (Lipinski definition) is 2. The number of hydrogen-bond acceptors (Lipinski definition) is 2. The van der Waals surface area contributed by atoms with E-state index in [-0.39, 0.29) is 6.54 Å². The molecule has 0 aromatic rings. The van der Waals surface area contributed by atoms with Crippen molar-refractivity contribution in [1.29, 1.82) is 0 Å². The molecule has 1 saturated carbocycles. The lowest BCUT2D eigenvalue weighted by Crippen LogP contribution is -2.61. The Hall–Kier alpha value is -0.780. The molecule has 1 amide bonds. The normalized spacial score (nSPS) is 29.5.